The van der Waals surface area contributed by atoms with Gasteiger partial charge in [-0.05, 0) is 26.8 Å². The molecule has 1 N–H and O–H groups in total. The molecule has 0 rings (SSSR count). The minimum absolute atomic E-state index is 0.619. The van der Waals surface area contributed by atoms with Gasteiger partial charge >= 0.3 is 0 Å². The van der Waals surface area contributed by atoms with Gasteiger partial charge < -0.3 is 5.32 Å². The summed E-state index contributed by atoms with van der Waals surface area (Å²) < 4.78 is 0. The molecular weight excluding hydrogens is 122 g/mol. The maximum atomic E-state index is 5.47. The molecule has 0 saturated heterocycles. The van der Waals surface area contributed by atoms with Crippen LogP contribution in [0.1, 0.15) is 19.8 Å². The number of rotatable bonds is 4. The molecule has 8 heavy (non-hydrogen) atoms. The van der Waals surface area contributed by atoms with Crippen molar-refractivity contribution in [3.05, 3.63) is 0 Å². The molecule has 0 bridgehead atoms. The van der Waals surface area contributed by atoms with Crippen molar-refractivity contribution in [2.75, 3.05) is 12.9 Å². The summed E-state index contributed by atoms with van der Waals surface area (Å²) in [7, 11) is 1.97. The average Bonchev–Trinajstić information content (AvgIpc) is 1.83. The number of hydrogen-bond donors (Lipinski definition) is 1. The Kier molecular flexibility index (Phi) is 5.56. The predicted octanol–water partition coefficient (Wildman–Crippen LogP) is 1.61. The van der Waals surface area contributed by atoms with E-state index in [0.29, 0.717) is 6.04 Å². The Morgan fingerprint density at radius 2 is 2.25 bits per heavy atom. The van der Waals surface area contributed by atoms with E-state index in [1.807, 2.05) is 7.05 Å². The number of alkyl halides is 1. The highest BCUT2D eigenvalue weighted by Crippen LogP contribution is 1.95. The molecule has 0 heterocycles. The fourth-order valence-electron chi connectivity index (χ4n) is 0.528. The summed E-state index contributed by atoms with van der Waals surface area (Å²) in [4.78, 5) is 0. The van der Waals surface area contributed by atoms with Crippen LogP contribution in [0.25, 0.3) is 0 Å². The first-order chi connectivity index (χ1) is 3.81. The minimum Gasteiger partial charge on any atom is -0.317 e. The molecular formula is C6H14ClN. The van der Waals surface area contributed by atoms with Crippen LogP contribution in [0.5, 0.6) is 0 Å². The normalized spacial score (nSPS) is 13.9. The summed E-state index contributed by atoms with van der Waals surface area (Å²) in [5.41, 5.74) is 0. The van der Waals surface area contributed by atoms with Crippen LogP contribution in [-0.4, -0.2) is 19.0 Å². The molecule has 0 amide bonds. The fraction of sp³-hybridized carbons (Fsp3) is 1.00. The summed E-state index contributed by atoms with van der Waals surface area (Å²) in [5, 5.41) is 3.14. The Labute approximate surface area is 56.4 Å². The lowest BCUT2D eigenvalue weighted by Gasteiger charge is -2.06. The first-order valence-electron chi connectivity index (χ1n) is 3.04. The van der Waals surface area contributed by atoms with Gasteiger partial charge in [0.1, 0.15) is 0 Å². The Morgan fingerprint density at radius 3 is 2.62 bits per heavy atom. The van der Waals surface area contributed by atoms with Gasteiger partial charge in [0.25, 0.3) is 0 Å². The minimum atomic E-state index is 0.619. The standard InChI is InChI=1S/C6H14ClN/c1-6(8-2)4-3-5-7/h6,8H,3-5H2,1-2H3/t6-/m1/s1. The van der Waals surface area contributed by atoms with E-state index in [4.69, 9.17) is 11.6 Å². The molecule has 0 saturated carbocycles. The molecule has 0 unspecified atom stereocenters. The molecule has 1 atom stereocenters. The molecule has 2 heteroatoms. The third-order valence-corrected chi connectivity index (χ3v) is 1.53. The zero-order valence-electron chi connectivity index (χ0n) is 5.58. The van der Waals surface area contributed by atoms with Crippen molar-refractivity contribution < 1.29 is 0 Å². The van der Waals surface area contributed by atoms with Gasteiger partial charge in [-0.3, -0.25) is 0 Å². The second-order valence-electron chi connectivity index (χ2n) is 2.02. The zero-order valence-corrected chi connectivity index (χ0v) is 6.33. The van der Waals surface area contributed by atoms with Crippen molar-refractivity contribution in [1.82, 2.24) is 5.32 Å². The lowest BCUT2D eigenvalue weighted by atomic mass is 10.2. The Bertz CT molecular complexity index is 47.8. The van der Waals surface area contributed by atoms with Gasteiger partial charge in [-0.15, -0.1) is 11.6 Å². The number of halogens is 1. The molecule has 1 nitrogen and oxygen atoms in total. The van der Waals surface area contributed by atoms with Gasteiger partial charge in [0.2, 0.25) is 0 Å². The highest BCUT2D eigenvalue weighted by molar-refractivity contribution is 6.17. The van der Waals surface area contributed by atoms with E-state index >= 15 is 0 Å². The molecule has 0 fully saturated rings. The molecule has 0 aromatic carbocycles. The first kappa shape index (κ1) is 8.25. The third-order valence-electron chi connectivity index (χ3n) is 1.26. The van der Waals surface area contributed by atoms with E-state index in [0.717, 1.165) is 12.3 Å². The lowest BCUT2D eigenvalue weighted by Crippen LogP contribution is -2.20. The molecule has 50 valence electrons. The molecule has 0 aliphatic heterocycles. The summed E-state index contributed by atoms with van der Waals surface area (Å²) in [6, 6.07) is 0.619. The van der Waals surface area contributed by atoms with Crippen molar-refractivity contribution in [3.63, 3.8) is 0 Å². The predicted molar refractivity (Wildman–Crippen MR) is 38.5 cm³/mol. The second kappa shape index (κ2) is 5.39. The van der Waals surface area contributed by atoms with Crippen molar-refractivity contribution in [2.45, 2.75) is 25.8 Å². The van der Waals surface area contributed by atoms with Crippen molar-refractivity contribution >= 4 is 11.6 Å². The maximum absolute atomic E-state index is 5.47. The van der Waals surface area contributed by atoms with E-state index in [-0.39, 0.29) is 0 Å². The van der Waals surface area contributed by atoms with Crippen LogP contribution in [0.15, 0.2) is 0 Å². The van der Waals surface area contributed by atoms with E-state index in [2.05, 4.69) is 12.2 Å². The molecule has 0 radical (unpaired) electrons. The summed E-state index contributed by atoms with van der Waals surface area (Å²) in [5.74, 6) is 0.784. The number of nitrogens with one attached hydrogen (secondary N) is 1. The van der Waals surface area contributed by atoms with E-state index in [1.54, 1.807) is 0 Å². The largest absolute Gasteiger partial charge is 0.317 e. The SMILES string of the molecule is CN[C@H](C)CCCCl. The topological polar surface area (TPSA) is 12.0 Å². The van der Waals surface area contributed by atoms with Gasteiger partial charge in [0, 0.05) is 11.9 Å². The van der Waals surface area contributed by atoms with Crippen LogP contribution in [0.2, 0.25) is 0 Å². The molecule has 0 aromatic rings. The quantitative estimate of drug-likeness (QED) is 0.578. The van der Waals surface area contributed by atoms with Crippen molar-refractivity contribution in [2.24, 2.45) is 0 Å². The van der Waals surface area contributed by atoms with Crippen LogP contribution in [0.3, 0.4) is 0 Å². The zero-order chi connectivity index (χ0) is 6.41. The van der Waals surface area contributed by atoms with Gasteiger partial charge in [0.15, 0.2) is 0 Å². The smallest absolute Gasteiger partial charge is 0.0224 e. The first-order valence-corrected chi connectivity index (χ1v) is 3.58. The van der Waals surface area contributed by atoms with E-state index in [1.165, 1.54) is 6.42 Å². The summed E-state index contributed by atoms with van der Waals surface area (Å²) >= 11 is 5.47. The van der Waals surface area contributed by atoms with Crippen LogP contribution < -0.4 is 5.32 Å². The van der Waals surface area contributed by atoms with Gasteiger partial charge in [-0.25, -0.2) is 0 Å². The number of hydrogen-bond acceptors (Lipinski definition) is 1. The molecule has 0 aliphatic rings. The fourth-order valence-corrected chi connectivity index (χ4v) is 0.682. The monoisotopic (exact) mass is 135 g/mol. The summed E-state index contributed by atoms with van der Waals surface area (Å²) in [6.07, 6.45) is 2.30. The van der Waals surface area contributed by atoms with Crippen LogP contribution >= 0.6 is 11.6 Å². The second-order valence-corrected chi connectivity index (χ2v) is 2.40. The Morgan fingerprint density at radius 1 is 1.62 bits per heavy atom. The molecule has 0 aromatic heterocycles. The van der Waals surface area contributed by atoms with Crippen molar-refractivity contribution in [1.29, 1.82) is 0 Å². The van der Waals surface area contributed by atoms with Gasteiger partial charge in [-0.2, -0.15) is 0 Å². The van der Waals surface area contributed by atoms with Crippen LogP contribution in [0, 0.1) is 0 Å². The summed E-state index contributed by atoms with van der Waals surface area (Å²) in [6.45, 7) is 2.16. The van der Waals surface area contributed by atoms with E-state index < -0.39 is 0 Å². The van der Waals surface area contributed by atoms with E-state index in [9.17, 15) is 0 Å². The lowest BCUT2D eigenvalue weighted by molar-refractivity contribution is 0.559. The molecule has 0 aliphatic carbocycles. The van der Waals surface area contributed by atoms with Crippen molar-refractivity contribution in [3.8, 4) is 0 Å². The maximum Gasteiger partial charge on any atom is 0.0224 e. The third kappa shape index (κ3) is 4.41. The van der Waals surface area contributed by atoms with Gasteiger partial charge in [0.05, 0.1) is 0 Å². The van der Waals surface area contributed by atoms with Crippen LogP contribution in [0.4, 0.5) is 0 Å². The average molecular weight is 136 g/mol. The molecule has 0 spiro atoms. The highest BCUT2D eigenvalue weighted by Gasteiger charge is 1.94. The van der Waals surface area contributed by atoms with Gasteiger partial charge in [-0.1, -0.05) is 0 Å². The Balaban J connectivity index is 2.86. The highest BCUT2D eigenvalue weighted by atomic mass is 35.5. The Hall–Kier alpha value is 0.250. The van der Waals surface area contributed by atoms with Crippen LogP contribution in [-0.2, 0) is 0 Å².